The van der Waals surface area contributed by atoms with Gasteiger partial charge in [-0.2, -0.15) is 4.31 Å². The molecule has 28 heavy (non-hydrogen) atoms. The Hall–Kier alpha value is -2.25. The van der Waals surface area contributed by atoms with Crippen molar-refractivity contribution in [1.29, 1.82) is 0 Å². The molecule has 1 saturated heterocycles. The minimum atomic E-state index is -3.56. The van der Waals surface area contributed by atoms with Crippen LogP contribution in [0.3, 0.4) is 0 Å². The van der Waals surface area contributed by atoms with Crippen molar-refractivity contribution in [2.45, 2.75) is 31.6 Å². The maximum Gasteiger partial charge on any atom is 0.243 e. The molecule has 0 unspecified atom stereocenters. The predicted octanol–water partition coefficient (Wildman–Crippen LogP) is 3.49. The van der Waals surface area contributed by atoms with Gasteiger partial charge in [0.15, 0.2) is 5.78 Å². The predicted molar refractivity (Wildman–Crippen MR) is 108 cm³/mol. The van der Waals surface area contributed by atoms with E-state index in [-0.39, 0.29) is 23.8 Å². The lowest BCUT2D eigenvalue weighted by atomic mass is 10.1. The van der Waals surface area contributed by atoms with Gasteiger partial charge in [0.2, 0.25) is 10.0 Å². The number of carbonyl (C=O) groups is 1. The van der Waals surface area contributed by atoms with E-state index >= 15 is 0 Å². The summed E-state index contributed by atoms with van der Waals surface area (Å²) in [4.78, 5) is 13.5. The van der Waals surface area contributed by atoms with E-state index < -0.39 is 15.8 Å². The number of nitrogens with zero attached hydrogens (tertiary/aromatic N) is 2. The van der Waals surface area contributed by atoms with Crippen LogP contribution in [-0.2, 0) is 16.4 Å². The molecule has 1 aliphatic rings. The second kappa shape index (κ2) is 8.41. The lowest BCUT2D eigenvalue weighted by molar-refractivity contribution is 0.101. The van der Waals surface area contributed by atoms with E-state index in [9.17, 15) is 17.6 Å². The fourth-order valence-electron chi connectivity index (χ4n) is 3.42. The van der Waals surface area contributed by atoms with Crippen LogP contribution in [0.25, 0.3) is 0 Å². The molecule has 0 amide bonds. The first-order valence-corrected chi connectivity index (χ1v) is 10.9. The second-order valence-corrected chi connectivity index (χ2v) is 8.95. The van der Waals surface area contributed by atoms with Crippen molar-refractivity contribution in [2.75, 3.05) is 31.1 Å². The van der Waals surface area contributed by atoms with Gasteiger partial charge in [-0.25, -0.2) is 12.8 Å². The Kier molecular flexibility index (Phi) is 6.15. The summed E-state index contributed by atoms with van der Waals surface area (Å²) in [6.07, 6.45) is 1.94. The fourth-order valence-corrected chi connectivity index (χ4v) is 4.84. The molecule has 0 spiro atoms. The van der Waals surface area contributed by atoms with Crippen LogP contribution in [0.5, 0.6) is 0 Å². The van der Waals surface area contributed by atoms with Crippen molar-refractivity contribution >= 4 is 21.5 Å². The minimum Gasteiger partial charge on any atom is -0.367 e. The standard InChI is InChI=1S/C21H25FN2O3S/c1-3-4-17-5-8-19(9-6-17)28(26,27)24-13-11-23(12-14-24)21-10-7-18(16(2)25)15-20(21)22/h5-10,15H,3-4,11-14H2,1-2H3. The molecule has 7 heteroatoms. The Balaban J connectivity index is 1.70. The van der Waals surface area contributed by atoms with Gasteiger partial charge in [-0.1, -0.05) is 25.5 Å². The number of Topliss-reactive ketones (excluding diaryl/α,β-unsaturated/α-hetero) is 1. The van der Waals surface area contributed by atoms with Crippen LogP contribution < -0.4 is 4.90 Å². The van der Waals surface area contributed by atoms with Gasteiger partial charge in [-0.05, 0) is 49.2 Å². The van der Waals surface area contributed by atoms with Gasteiger partial charge in [-0.3, -0.25) is 4.79 Å². The zero-order valence-corrected chi connectivity index (χ0v) is 17.0. The average molecular weight is 405 g/mol. The molecule has 0 radical (unpaired) electrons. The monoisotopic (exact) mass is 404 g/mol. The molecule has 3 rings (SSSR count). The zero-order chi connectivity index (χ0) is 20.3. The molecule has 1 aliphatic heterocycles. The maximum absolute atomic E-state index is 14.4. The van der Waals surface area contributed by atoms with Gasteiger partial charge in [-0.15, -0.1) is 0 Å². The van der Waals surface area contributed by atoms with E-state index in [4.69, 9.17) is 0 Å². The van der Waals surface area contributed by atoms with Crippen LogP contribution in [-0.4, -0.2) is 44.7 Å². The summed E-state index contributed by atoms with van der Waals surface area (Å²) in [6.45, 7) is 4.83. The number of hydrogen-bond donors (Lipinski definition) is 0. The molecule has 0 aromatic heterocycles. The first-order valence-electron chi connectivity index (χ1n) is 9.47. The van der Waals surface area contributed by atoms with Crippen molar-refractivity contribution in [3.63, 3.8) is 0 Å². The second-order valence-electron chi connectivity index (χ2n) is 7.01. The molecule has 1 heterocycles. The third-order valence-corrected chi connectivity index (χ3v) is 6.95. The summed E-state index contributed by atoms with van der Waals surface area (Å²) < 4.78 is 41.6. The van der Waals surface area contributed by atoms with Gasteiger partial charge < -0.3 is 4.90 Å². The topological polar surface area (TPSA) is 57.7 Å². The van der Waals surface area contributed by atoms with E-state index in [0.717, 1.165) is 18.4 Å². The van der Waals surface area contributed by atoms with Crippen molar-refractivity contribution in [2.24, 2.45) is 0 Å². The van der Waals surface area contributed by atoms with E-state index in [1.807, 2.05) is 17.0 Å². The van der Waals surface area contributed by atoms with Crippen LogP contribution in [0, 0.1) is 5.82 Å². The van der Waals surface area contributed by atoms with Gasteiger partial charge >= 0.3 is 0 Å². The van der Waals surface area contributed by atoms with Crippen LogP contribution in [0.4, 0.5) is 10.1 Å². The molecule has 0 bridgehead atoms. The number of anilines is 1. The molecule has 0 aliphatic carbocycles. The third kappa shape index (κ3) is 4.25. The first kappa shape index (κ1) is 20.5. The number of aryl methyl sites for hydroxylation is 1. The lowest BCUT2D eigenvalue weighted by Gasteiger charge is -2.35. The lowest BCUT2D eigenvalue weighted by Crippen LogP contribution is -2.48. The summed E-state index contributed by atoms with van der Waals surface area (Å²) in [6, 6.07) is 11.5. The summed E-state index contributed by atoms with van der Waals surface area (Å²) in [5.74, 6) is -0.651. The summed E-state index contributed by atoms with van der Waals surface area (Å²) in [7, 11) is -3.56. The molecule has 0 atom stereocenters. The van der Waals surface area contributed by atoms with Crippen molar-refractivity contribution < 1.29 is 17.6 Å². The number of benzene rings is 2. The highest BCUT2D eigenvalue weighted by Gasteiger charge is 2.29. The summed E-state index contributed by atoms with van der Waals surface area (Å²) in [5, 5.41) is 0. The molecule has 1 fully saturated rings. The molecule has 150 valence electrons. The molecule has 2 aromatic carbocycles. The Bertz CT molecular complexity index is 950. The fraction of sp³-hybridized carbons (Fsp3) is 0.381. The molecule has 5 nitrogen and oxygen atoms in total. The Morgan fingerprint density at radius 1 is 1.04 bits per heavy atom. The van der Waals surface area contributed by atoms with Crippen LogP contribution in [0.1, 0.15) is 36.2 Å². The average Bonchev–Trinajstić information content (AvgIpc) is 2.68. The van der Waals surface area contributed by atoms with E-state index in [1.165, 1.54) is 17.3 Å². The largest absolute Gasteiger partial charge is 0.367 e. The van der Waals surface area contributed by atoms with Gasteiger partial charge in [0.05, 0.1) is 10.6 Å². The number of rotatable bonds is 6. The molecule has 2 aromatic rings. The normalized spacial score (nSPS) is 15.6. The highest BCUT2D eigenvalue weighted by atomic mass is 32.2. The number of carbonyl (C=O) groups excluding carboxylic acids is 1. The number of halogens is 1. The SMILES string of the molecule is CCCc1ccc(S(=O)(=O)N2CCN(c3ccc(C(C)=O)cc3F)CC2)cc1. The van der Waals surface area contributed by atoms with Crippen LogP contribution in [0.2, 0.25) is 0 Å². The molecule has 0 N–H and O–H groups in total. The van der Waals surface area contributed by atoms with Gasteiger partial charge in [0.1, 0.15) is 5.82 Å². The first-order chi connectivity index (χ1) is 13.3. The highest BCUT2D eigenvalue weighted by Crippen LogP contribution is 2.24. The van der Waals surface area contributed by atoms with Crippen LogP contribution in [0.15, 0.2) is 47.4 Å². The van der Waals surface area contributed by atoms with Crippen molar-refractivity contribution in [3.8, 4) is 0 Å². The van der Waals surface area contributed by atoms with Crippen molar-refractivity contribution in [1.82, 2.24) is 4.31 Å². The third-order valence-electron chi connectivity index (χ3n) is 5.03. The summed E-state index contributed by atoms with van der Waals surface area (Å²) in [5.41, 5.74) is 1.84. The minimum absolute atomic E-state index is 0.189. The quantitative estimate of drug-likeness (QED) is 0.692. The van der Waals surface area contributed by atoms with E-state index in [1.54, 1.807) is 24.3 Å². The van der Waals surface area contributed by atoms with E-state index in [0.29, 0.717) is 24.3 Å². The van der Waals surface area contributed by atoms with Gasteiger partial charge in [0, 0.05) is 31.7 Å². The molecular weight excluding hydrogens is 379 g/mol. The maximum atomic E-state index is 14.4. The molecular formula is C21H25FN2O3S. The number of piperazine rings is 1. The smallest absolute Gasteiger partial charge is 0.243 e. The number of sulfonamides is 1. The summed E-state index contributed by atoms with van der Waals surface area (Å²) >= 11 is 0. The number of hydrogen-bond acceptors (Lipinski definition) is 4. The van der Waals surface area contributed by atoms with E-state index in [2.05, 4.69) is 6.92 Å². The van der Waals surface area contributed by atoms with Crippen molar-refractivity contribution in [3.05, 3.63) is 59.4 Å². The molecule has 0 saturated carbocycles. The highest BCUT2D eigenvalue weighted by molar-refractivity contribution is 7.89. The van der Waals surface area contributed by atoms with Gasteiger partial charge in [0.25, 0.3) is 0 Å². The Labute approximate surface area is 165 Å². The Morgan fingerprint density at radius 2 is 1.68 bits per heavy atom. The Morgan fingerprint density at radius 3 is 2.21 bits per heavy atom. The zero-order valence-electron chi connectivity index (χ0n) is 16.2. The van der Waals surface area contributed by atoms with Crippen LogP contribution >= 0.6 is 0 Å². The number of ketones is 1.